The second-order valence-electron chi connectivity index (χ2n) is 13.7. The topological polar surface area (TPSA) is 211 Å². The van der Waals surface area contributed by atoms with E-state index in [1.165, 1.54) is 27.9 Å². The summed E-state index contributed by atoms with van der Waals surface area (Å²) in [6, 6.07) is 0.863. The Labute approximate surface area is 293 Å². The minimum atomic E-state index is -1.63. The lowest BCUT2D eigenvalue weighted by molar-refractivity contribution is -0.146. The van der Waals surface area contributed by atoms with Gasteiger partial charge in [-0.05, 0) is 44.4 Å². The van der Waals surface area contributed by atoms with Gasteiger partial charge in [-0.3, -0.25) is 19.2 Å². The molecule has 2 saturated heterocycles. The summed E-state index contributed by atoms with van der Waals surface area (Å²) in [7, 11) is 0. The highest BCUT2D eigenvalue weighted by Crippen LogP contribution is 2.34. The van der Waals surface area contributed by atoms with Gasteiger partial charge in [-0.2, -0.15) is 4.99 Å². The van der Waals surface area contributed by atoms with Crippen molar-refractivity contribution in [3.05, 3.63) is 40.9 Å². The summed E-state index contributed by atoms with van der Waals surface area (Å²) >= 11 is 5.88. The number of hydrogen-bond donors (Lipinski definition) is 4. The van der Waals surface area contributed by atoms with Crippen molar-refractivity contribution in [1.29, 1.82) is 0 Å². The van der Waals surface area contributed by atoms with Crippen molar-refractivity contribution in [2.45, 2.75) is 94.9 Å². The van der Waals surface area contributed by atoms with Crippen LogP contribution in [0.15, 0.2) is 29.4 Å². The Kier molecular flexibility index (Phi) is 11.3. The van der Waals surface area contributed by atoms with E-state index >= 15 is 0 Å². The quantitative estimate of drug-likeness (QED) is 0.210. The maximum atomic E-state index is 14.5. The van der Waals surface area contributed by atoms with Crippen LogP contribution in [-0.2, 0) is 29.5 Å². The molecular formula is C33H42ClFN8O7. The van der Waals surface area contributed by atoms with Crippen molar-refractivity contribution in [3.8, 4) is 0 Å². The largest absolute Gasteiger partial charge is 0.384 e. The van der Waals surface area contributed by atoms with Crippen LogP contribution in [0.4, 0.5) is 14.9 Å². The van der Waals surface area contributed by atoms with Crippen LogP contribution >= 0.6 is 11.6 Å². The molecule has 2 aliphatic heterocycles. The van der Waals surface area contributed by atoms with Crippen LogP contribution in [0.5, 0.6) is 0 Å². The van der Waals surface area contributed by atoms with E-state index in [9.17, 15) is 33.5 Å². The van der Waals surface area contributed by atoms with Gasteiger partial charge in [0, 0.05) is 44.7 Å². The highest BCUT2D eigenvalue weighted by atomic mass is 35.5. The third-order valence-corrected chi connectivity index (χ3v) is 9.91. The van der Waals surface area contributed by atoms with E-state index < -0.39 is 58.6 Å². The van der Waals surface area contributed by atoms with Gasteiger partial charge >= 0.3 is 6.03 Å². The number of rotatable bonds is 10. The van der Waals surface area contributed by atoms with Gasteiger partial charge in [-0.1, -0.05) is 48.9 Å². The van der Waals surface area contributed by atoms with Crippen LogP contribution in [0.2, 0.25) is 5.02 Å². The molecule has 5 N–H and O–H groups in total. The number of aromatic nitrogens is 3. The zero-order valence-corrected chi connectivity index (χ0v) is 28.7. The van der Waals surface area contributed by atoms with Crippen LogP contribution in [0.3, 0.4) is 0 Å². The van der Waals surface area contributed by atoms with Gasteiger partial charge in [-0.25, -0.2) is 13.9 Å². The SMILES string of the molecule is CC(C)(O)c1cnnn1[C@H]1C[C@@H](C(=O)NC2(C(=O)C(N)=O)CCOCC2)N(C(=O)C(CC2CCCCC2)=NC(=O)Nc2ccc(F)c(Cl)c2)C1. The number of benzene rings is 1. The molecule has 270 valence electrons. The number of aliphatic imine (C=N–C) groups is 1. The second kappa shape index (κ2) is 15.3. The minimum absolute atomic E-state index is 0.00149. The number of nitrogens with one attached hydrogen (secondary N) is 2. The number of nitrogens with zero attached hydrogens (tertiary/aromatic N) is 5. The molecule has 5 rings (SSSR count). The number of halogens is 2. The van der Waals surface area contributed by atoms with E-state index in [1.807, 2.05) is 0 Å². The van der Waals surface area contributed by atoms with Crippen molar-refractivity contribution in [2.24, 2.45) is 16.6 Å². The summed E-state index contributed by atoms with van der Waals surface area (Å²) in [5.74, 6) is -4.20. The van der Waals surface area contributed by atoms with Gasteiger partial charge in [0.25, 0.3) is 11.8 Å². The molecule has 1 aromatic carbocycles. The maximum Gasteiger partial charge on any atom is 0.345 e. The predicted octanol–water partition coefficient (Wildman–Crippen LogP) is 2.80. The van der Waals surface area contributed by atoms with Crippen molar-refractivity contribution < 1.29 is 38.2 Å². The van der Waals surface area contributed by atoms with Gasteiger partial charge in [0.05, 0.1) is 23.0 Å². The average molecular weight is 717 g/mol. The lowest BCUT2D eigenvalue weighted by Gasteiger charge is -2.37. The molecule has 0 bridgehead atoms. The molecule has 3 fully saturated rings. The molecule has 0 unspecified atom stereocenters. The number of amides is 5. The molecule has 17 heteroatoms. The molecule has 3 aliphatic rings. The van der Waals surface area contributed by atoms with Gasteiger partial charge in [0.2, 0.25) is 11.7 Å². The van der Waals surface area contributed by atoms with E-state index in [2.05, 4.69) is 25.9 Å². The summed E-state index contributed by atoms with van der Waals surface area (Å²) in [5, 5.41) is 24.0. The lowest BCUT2D eigenvalue weighted by atomic mass is 9.84. The minimum Gasteiger partial charge on any atom is -0.384 e. The number of Topliss-reactive ketones (excluding diaryl/α,β-unsaturated/α-hetero) is 1. The van der Waals surface area contributed by atoms with Crippen molar-refractivity contribution >= 4 is 52.5 Å². The van der Waals surface area contributed by atoms with Crippen molar-refractivity contribution in [2.75, 3.05) is 25.1 Å². The smallest absolute Gasteiger partial charge is 0.345 e. The number of carbonyl (C=O) groups is 5. The summed E-state index contributed by atoms with van der Waals surface area (Å²) in [6.45, 7) is 3.21. The molecule has 0 radical (unpaired) electrons. The molecule has 2 atom stereocenters. The molecule has 1 aromatic heterocycles. The van der Waals surface area contributed by atoms with Crippen LogP contribution < -0.4 is 16.4 Å². The normalized spacial score (nSPS) is 21.5. The molecular weight excluding hydrogens is 675 g/mol. The Morgan fingerprint density at radius 2 is 1.86 bits per heavy atom. The number of anilines is 1. The number of likely N-dealkylation sites (tertiary alicyclic amines) is 1. The first-order valence-corrected chi connectivity index (χ1v) is 17.1. The van der Waals surface area contributed by atoms with Crippen LogP contribution in [0.1, 0.15) is 83.4 Å². The molecule has 2 aromatic rings. The zero-order valence-electron chi connectivity index (χ0n) is 28.0. The third kappa shape index (κ3) is 8.36. The number of carbonyl (C=O) groups excluding carboxylic acids is 5. The Balaban J connectivity index is 1.50. The first kappa shape index (κ1) is 37.0. The van der Waals surface area contributed by atoms with E-state index in [4.69, 9.17) is 22.1 Å². The summed E-state index contributed by atoms with van der Waals surface area (Å²) in [4.78, 5) is 72.5. The first-order valence-electron chi connectivity index (χ1n) is 16.7. The van der Waals surface area contributed by atoms with Crippen molar-refractivity contribution in [3.63, 3.8) is 0 Å². The third-order valence-electron chi connectivity index (χ3n) is 9.62. The summed E-state index contributed by atoms with van der Waals surface area (Å²) in [5.41, 5.74) is 2.80. The fraction of sp³-hybridized carbons (Fsp3) is 0.576. The Morgan fingerprint density at radius 1 is 1.16 bits per heavy atom. The highest BCUT2D eigenvalue weighted by molar-refractivity contribution is 6.41. The molecule has 15 nitrogen and oxygen atoms in total. The van der Waals surface area contributed by atoms with E-state index in [0.717, 1.165) is 38.2 Å². The fourth-order valence-corrected chi connectivity index (χ4v) is 7.14. The average Bonchev–Trinajstić information content (AvgIpc) is 3.75. The van der Waals surface area contributed by atoms with E-state index in [0.29, 0.717) is 5.69 Å². The number of nitrogens with two attached hydrogens (primary N) is 1. The van der Waals surface area contributed by atoms with E-state index in [1.54, 1.807) is 13.8 Å². The number of primary amides is 1. The van der Waals surface area contributed by atoms with Crippen LogP contribution in [0.25, 0.3) is 0 Å². The van der Waals surface area contributed by atoms with Gasteiger partial charge in [0.15, 0.2) is 0 Å². The Morgan fingerprint density at radius 3 is 2.50 bits per heavy atom. The lowest BCUT2D eigenvalue weighted by Crippen LogP contribution is -2.63. The predicted molar refractivity (Wildman–Crippen MR) is 179 cm³/mol. The highest BCUT2D eigenvalue weighted by Gasteiger charge is 2.49. The maximum absolute atomic E-state index is 14.5. The van der Waals surface area contributed by atoms with Crippen molar-refractivity contribution in [1.82, 2.24) is 25.2 Å². The Hall–Kier alpha value is -4.28. The molecule has 1 saturated carbocycles. The number of urea groups is 1. The summed E-state index contributed by atoms with van der Waals surface area (Å²) in [6.07, 6.45) is 6.15. The number of ether oxygens (including phenoxy) is 1. The van der Waals surface area contributed by atoms with E-state index in [-0.39, 0.29) is 67.8 Å². The van der Waals surface area contributed by atoms with Crippen LogP contribution in [-0.4, -0.2) is 91.6 Å². The van der Waals surface area contributed by atoms with Gasteiger partial charge < -0.3 is 31.1 Å². The molecule has 0 spiro atoms. The monoisotopic (exact) mass is 716 g/mol. The zero-order chi connectivity index (χ0) is 36.2. The number of hydrogen-bond acceptors (Lipinski definition) is 9. The second-order valence-corrected chi connectivity index (χ2v) is 14.1. The standard InChI is InChI=1S/C33H42ClFN8O7/c1-32(2,49)26-17-37-41-43(26)21-16-25(29(46)40-33(27(44)28(36)45)10-12-50-13-11-33)42(18-21)30(47)24(14-19-6-4-3-5-7-19)39-31(48)38-20-8-9-23(35)22(34)15-20/h8-9,15,17,19,21,25,49H,3-7,10-14,16,18H2,1-2H3,(H2,36,45)(H,38,48)(H,40,46)/t21-,25-/m0/s1. The molecule has 1 aliphatic carbocycles. The molecule has 3 heterocycles. The Bertz CT molecular complexity index is 1660. The number of ketones is 1. The summed E-state index contributed by atoms with van der Waals surface area (Å²) < 4.78 is 20.6. The van der Waals surface area contributed by atoms with Crippen LogP contribution in [0, 0.1) is 11.7 Å². The number of aliphatic hydroxyl groups is 1. The molecule has 5 amide bonds. The first-order chi connectivity index (χ1) is 23.7. The molecule has 50 heavy (non-hydrogen) atoms. The fourth-order valence-electron chi connectivity index (χ4n) is 6.96. The van der Waals surface area contributed by atoms with Gasteiger partial charge in [-0.15, -0.1) is 5.10 Å². The van der Waals surface area contributed by atoms with Gasteiger partial charge in [0.1, 0.15) is 28.7 Å².